The quantitative estimate of drug-likeness (QED) is 0.793. The molecule has 1 aliphatic rings. The molecule has 0 heterocycles. The van der Waals surface area contributed by atoms with Crippen molar-refractivity contribution in [3.8, 4) is 0 Å². The average Bonchev–Trinajstić information content (AvgIpc) is 2.66. The molecule has 2 heteroatoms. The topological polar surface area (TPSA) is 32.3 Å². The van der Waals surface area contributed by atoms with Gasteiger partial charge in [-0.2, -0.15) is 0 Å². The Morgan fingerprint density at radius 2 is 2.00 bits per heavy atom. The molecule has 0 spiro atoms. The minimum absolute atomic E-state index is 0.156. The van der Waals surface area contributed by atoms with Gasteiger partial charge in [0.05, 0.1) is 6.10 Å². The summed E-state index contributed by atoms with van der Waals surface area (Å²) in [5, 5.41) is 13.2. The number of aliphatic hydroxyl groups is 1. The molecule has 1 aromatic rings. The molecule has 1 aromatic carbocycles. The van der Waals surface area contributed by atoms with E-state index in [0.717, 1.165) is 19.3 Å². The molecule has 0 radical (unpaired) electrons. The first-order valence-electron chi connectivity index (χ1n) is 5.76. The number of benzene rings is 1. The van der Waals surface area contributed by atoms with E-state index in [-0.39, 0.29) is 12.1 Å². The van der Waals surface area contributed by atoms with Gasteiger partial charge in [0, 0.05) is 12.1 Å². The van der Waals surface area contributed by atoms with Crippen LogP contribution < -0.4 is 5.32 Å². The zero-order valence-electron chi connectivity index (χ0n) is 9.19. The molecule has 82 valence electrons. The van der Waals surface area contributed by atoms with Crippen molar-refractivity contribution in [3.63, 3.8) is 0 Å². The Morgan fingerprint density at radius 3 is 2.60 bits per heavy atom. The lowest BCUT2D eigenvalue weighted by Gasteiger charge is -2.22. The molecule has 1 fully saturated rings. The molecule has 0 amide bonds. The van der Waals surface area contributed by atoms with Gasteiger partial charge in [0.15, 0.2) is 0 Å². The Bertz CT molecular complexity index is 299. The predicted octanol–water partition coefficient (Wildman–Crippen LogP) is 2.25. The predicted molar refractivity (Wildman–Crippen MR) is 61.6 cm³/mol. The first-order chi connectivity index (χ1) is 7.27. The third-order valence-corrected chi connectivity index (χ3v) is 3.24. The summed E-state index contributed by atoms with van der Waals surface area (Å²) in [5.41, 5.74) is 1.29. The fraction of sp³-hybridized carbons (Fsp3) is 0.538. The van der Waals surface area contributed by atoms with Crippen LogP contribution in [0.2, 0.25) is 0 Å². The third-order valence-electron chi connectivity index (χ3n) is 3.24. The summed E-state index contributed by atoms with van der Waals surface area (Å²) >= 11 is 0. The standard InChI is InChI=1S/C13H19NO/c1-10(11-6-3-2-4-7-11)14-12-8-5-9-13(12)15/h2-4,6-7,10,12-15H,5,8-9H2,1H3/t10-,12?,13?/m0/s1. The maximum absolute atomic E-state index is 9.72. The highest BCUT2D eigenvalue weighted by molar-refractivity contribution is 5.18. The number of hydrogen-bond acceptors (Lipinski definition) is 2. The average molecular weight is 205 g/mol. The minimum atomic E-state index is -0.156. The highest BCUT2D eigenvalue weighted by Crippen LogP contribution is 2.22. The zero-order valence-corrected chi connectivity index (χ0v) is 9.19. The van der Waals surface area contributed by atoms with E-state index >= 15 is 0 Å². The molecule has 15 heavy (non-hydrogen) atoms. The van der Waals surface area contributed by atoms with Crippen LogP contribution >= 0.6 is 0 Å². The number of rotatable bonds is 3. The van der Waals surface area contributed by atoms with Gasteiger partial charge in [0.1, 0.15) is 0 Å². The van der Waals surface area contributed by atoms with Crippen LogP contribution in [-0.2, 0) is 0 Å². The van der Waals surface area contributed by atoms with Gasteiger partial charge < -0.3 is 10.4 Å². The van der Waals surface area contributed by atoms with E-state index in [1.807, 2.05) is 6.07 Å². The number of hydrogen-bond donors (Lipinski definition) is 2. The molecular formula is C13H19NO. The van der Waals surface area contributed by atoms with Crippen molar-refractivity contribution in [2.45, 2.75) is 44.4 Å². The zero-order chi connectivity index (χ0) is 10.7. The minimum Gasteiger partial charge on any atom is -0.392 e. The Kier molecular flexibility index (Phi) is 3.39. The first-order valence-corrected chi connectivity index (χ1v) is 5.76. The molecule has 1 aliphatic carbocycles. The lowest BCUT2D eigenvalue weighted by Crippen LogP contribution is -2.37. The second-order valence-electron chi connectivity index (χ2n) is 4.40. The second kappa shape index (κ2) is 4.77. The van der Waals surface area contributed by atoms with Crippen molar-refractivity contribution >= 4 is 0 Å². The molecule has 3 atom stereocenters. The fourth-order valence-corrected chi connectivity index (χ4v) is 2.29. The summed E-state index contributed by atoms with van der Waals surface area (Å²) in [5.74, 6) is 0. The van der Waals surface area contributed by atoms with Gasteiger partial charge in [-0.25, -0.2) is 0 Å². The largest absolute Gasteiger partial charge is 0.392 e. The van der Waals surface area contributed by atoms with Crippen molar-refractivity contribution in [2.75, 3.05) is 0 Å². The van der Waals surface area contributed by atoms with Gasteiger partial charge in [-0.05, 0) is 31.7 Å². The van der Waals surface area contributed by atoms with Crippen molar-refractivity contribution in [2.24, 2.45) is 0 Å². The highest BCUT2D eigenvalue weighted by atomic mass is 16.3. The third kappa shape index (κ3) is 2.58. The van der Waals surface area contributed by atoms with Crippen molar-refractivity contribution in [1.29, 1.82) is 0 Å². The van der Waals surface area contributed by atoms with Gasteiger partial charge in [0.2, 0.25) is 0 Å². The first kappa shape index (κ1) is 10.7. The molecular weight excluding hydrogens is 186 g/mol. The molecule has 2 nitrogen and oxygen atoms in total. The SMILES string of the molecule is C[C@H](NC1CCCC1O)c1ccccc1. The number of aliphatic hydroxyl groups excluding tert-OH is 1. The Morgan fingerprint density at radius 1 is 1.27 bits per heavy atom. The van der Waals surface area contributed by atoms with E-state index in [4.69, 9.17) is 0 Å². The van der Waals surface area contributed by atoms with Crippen LogP contribution in [0.5, 0.6) is 0 Å². The van der Waals surface area contributed by atoms with Crippen LogP contribution in [0.3, 0.4) is 0 Å². The van der Waals surface area contributed by atoms with Crippen molar-refractivity contribution < 1.29 is 5.11 Å². The molecule has 0 saturated heterocycles. The summed E-state index contributed by atoms with van der Waals surface area (Å²) in [6, 6.07) is 11.0. The molecule has 1 saturated carbocycles. The van der Waals surface area contributed by atoms with E-state index < -0.39 is 0 Å². The van der Waals surface area contributed by atoms with Crippen molar-refractivity contribution in [3.05, 3.63) is 35.9 Å². The summed E-state index contributed by atoms with van der Waals surface area (Å²) < 4.78 is 0. The smallest absolute Gasteiger partial charge is 0.0693 e. The molecule has 0 bridgehead atoms. The summed E-state index contributed by atoms with van der Waals surface area (Å²) in [6.07, 6.45) is 3.02. The van der Waals surface area contributed by atoms with Gasteiger partial charge in [0.25, 0.3) is 0 Å². The van der Waals surface area contributed by atoms with E-state index in [1.165, 1.54) is 5.56 Å². The molecule has 2 N–H and O–H groups in total. The normalized spacial score (nSPS) is 27.9. The molecule has 0 aliphatic heterocycles. The fourth-order valence-electron chi connectivity index (χ4n) is 2.29. The lowest BCUT2D eigenvalue weighted by molar-refractivity contribution is 0.144. The van der Waals surface area contributed by atoms with Crippen LogP contribution in [0.4, 0.5) is 0 Å². The van der Waals surface area contributed by atoms with Crippen LogP contribution in [0.1, 0.15) is 37.8 Å². The van der Waals surface area contributed by atoms with Gasteiger partial charge in [-0.1, -0.05) is 30.3 Å². The lowest BCUT2D eigenvalue weighted by atomic mass is 10.1. The van der Waals surface area contributed by atoms with Crippen LogP contribution in [0.15, 0.2) is 30.3 Å². The van der Waals surface area contributed by atoms with E-state index in [0.29, 0.717) is 6.04 Å². The van der Waals surface area contributed by atoms with Crippen LogP contribution in [-0.4, -0.2) is 17.3 Å². The summed E-state index contributed by atoms with van der Waals surface area (Å²) in [7, 11) is 0. The number of nitrogens with one attached hydrogen (secondary N) is 1. The maximum Gasteiger partial charge on any atom is 0.0693 e. The van der Waals surface area contributed by atoms with Crippen molar-refractivity contribution in [1.82, 2.24) is 5.32 Å². The van der Waals surface area contributed by atoms with Gasteiger partial charge in [-0.3, -0.25) is 0 Å². The van der Waals surface area contributed by atoms with E-state index in [2.05, 4.69) is 36.5 Å². The Balaban J connectivity index is 1.95. The van der Waals surface area contributed by atoms with Gasteiger partial charge >= 0.3 is 0 Å². The Hall–Kier alpha value is -0.860. The molecule has 2 rings (SSSR count). The monoisotopic (exact) mass is 205 g/mol. The molecule has 0 aromatic heterocycles. The van der Waals surface area contributed by atoms with Crippen LogP contribution in [0.25, 0.3) is 0 Å². The molecule has 2 unspecified atom stereocenters. The van der Waals surface area contributed by atoms with Crippen LogP contribution in [0, 0.1) is 0 Å². The summed E-state index contributed by atoms with van der Waals surface area (Å²) in [6.45, 7) is 2.15. The summed E-state index contributed by atoms with van der Waals surface area (Å²) in [4.78, 5) is 0. The second-order valence-corrected chi connectivity index (χ2v) is 4.40. The van der Waals surface area contributed by atoms with E-state index in [9.17, 15) is 5.11 Å². The van der Waals surface area contributed by atoms with E-state index in [1.54, 1.807) is 0 Å². The highest BCUT2D eigenvalue weighted by Gasteiger charge is 2.26. The Labute approximate surface area is 91.3 Å². The van der Waals surface area contributed by atoms with Gasteiger partial charge in [-0.15, -0.1) is 0 Å². The maximum atomic E-state index is 9.72.